The van der Waals surface area contributed by atoms with Crippen LogP contribution in [0.3, 0.4) is 0 Å². The highest BCUT2D eigenvalue weighted by molar-refractivity contribution is 9.09. The zero-order valence-corrected chi connectivity index (χ0v) is 12.1. The topological polar surface area (TPSA) is 46.6 Å². The lowest BCUT2D eigenvalue weighted by Crippen LogP contribution is -2.43. The van der Waals surface area contributed by atoms with E-state index in [0.717, 1.165) is 0 Å². The molecule has 0 aliphatic carbocycles. The van der Waals surface area contributed by atoms with E-state index in [1.165, 1.54) is 4.90 Å². The highest BCUT2D eigenvalue weighted by Crippen LogP contribution is 2.12. The SMILES string of the molecule is CC(C)N(CC(=O)CBr)C(=O)OC(C)(C)C. The number of amides is 1. The standard InChI is InChI=1S/C11H20BrNO3/c1-8(2)13(7-9(14)6-12)10(15)16-11(3,4)5/h8H,6-7H2,1-5H3. The number of carbonyl (C=O) groups is 2. The van der Waals surface area contributed by atoms with Crippen molar-refractivity contribution in [2.45, 2.75) is 46.3 Å². The molecule has 0 aliphatic rings. The molecule has 0 unspecified atom stereocenters. The zero-order valence-electron chi connectivity index (χ0n) is 10.5. The van der Waals surface area contributed by atoms with Gasteiger partial charge >= 0.3 is 6.09 Å². The van der Waals surface area contributed by atoms with Crippen molar-refractivity contribution in [3.63, 3.8) is 0 Å². The van der Waals surface area contributed by atoms with Crippen LogP contribution < -0.4 is 0 Å². The summed E-state index contributed by atoms with van der Waals surface area (Å²) in [6.07, 6.45) is -0.447. The van der Waals surface area contributed by atoms with Crippen molar-refractivity contribution in [2.24, 2.45) is 0 Å². The van der Waals surface area contributed by atoms with Gasteiger partial charge in [-0.15, -0.1) is 0 Å². The number of Topliss-reactive ketones (excluding diaryl/α,β-unsaturated/α-hetero) is 1. The van der Waals surface area contributed by atoms with Crippen LogP contribution in [0.15, 0.2) is 0 Å². The molecule has 0 atom stereocenters. The predicted molar refractivity (Wildman–Crippen MR) is 66.9 cm³/mol. The van der Waals surface area contributed by atoms with Gasteiger partial charge in [-0.25, -0.2) is 4.79 Å². The Hall–Kier alpha value is -0.580. The van der Waals surface area contributed by atoms with Crippen molar-refractivity contribution in [1.82, 2.24) is 4.90 Å². The fourth-order valence-electron chi connectivity index (χ4n) is 1.01. The van der Waals surface area contributed by atoms with Gasteiger partial charge in [-0.05, 0) is 34.6 Å². The van der Waals surface area contributed by atoms with Crippen LogP contribution in [0.1, 0.15) is 34.6 Å². The maximum atomic E-state index is 11.8. The van der Waals surface area contributed by atoms with E-state index >= 15 is 0 Å². The maximum absolute atomic E-state index is 11.8. The first-order valence-corrected chi connectivity index (χ1v) is 6.37. The van der Waals surface area contributed by atoms with Gasteiger partial charge in [-0.1, -0.05) is 15.9 Å². The van der Waals surface area contributed by atoms with Crippen LogP contribution in [0.2, 0.25) is 0 Å². The molecule has 1 amide bonds. The van der Waals surface area contributed by atoms with Crippen molar-refractivity contribution < 1.29 is 14.3 Å². The van der Waals surface area contributed by atoms with Gasteiger partial charge in [0.25, 0.3) is 0 Å². The molecule has 0 aromatic carbocycles. The molecule has 0 N–H and O–H groups in total. The molecule has 0 radical (unpaired) electrons. The van der Waals surface area contributed by atoms with Gasteiger partial charge in [0.05, 0.1) is 11.9 Å². The summed E-state index contributed by atoms with van der Waals surface area (Å²) < 4.78 is 5.23. The largest absolute Gasteiger partial charge is 0.444 e. The second-order valence-electron chi connectivity index (χ2n) is 4.87. The third kappa shape index (κ3) is 6.10. The van der Waals surface area contributed by atoms with E-state index in [9.17, 15) is 9.59 Å². The first-order valence-electron chi connectivity index (χ1n) is 5.24. The Kier molecular flexibility index (Phi) is 6.00. The maximum Gasteiger partial charge on any atom is 0.410 e. The lowest BCUT2D eigenvalue weighted by Gasteiger charge is -2.29. The third-order valence-corrected chi connectivity index (χ3v) is 2.37. The molecule has 4 nitrogen and oxygen atoms in total. The van der Waals surface area contributed by atoms with Crippen molar-refractivity contribution in [1.29, 1.82) is 0 Å². The molecule has 0 spiro atoms. The molecule has 94 valence electrons. The molecule has 0 saturated carbocycles. The molecule has 16 heavy (non-hydrogen) atoms. The summed E-state index contributed by atoms with van der Waals surface area (Å²) in [6.45, 7) is 9.19. The summed E-state index contributed by atoms with van der Waals surface area (Å²) in [5.74, 6) is -0.0421. The average molecular weight is 294 g/mol. The Bertz CT molecular complexity index is 258. The van der Waals surface area contributed by atoms with Crippen LogP contribution in [-0.2, 0) is 9.53 Å². The van der Waals surface area contributed by atoms with Crippen LogP contribution in [0, 0.1) is 0 Å². The summed E-state index contributed by atoms with van der Waals surface area (Å²) in [7, 11) is 0. The number of ketones is 1. The molecule has 0 aliphatic heterocycles. The number of alkyl halides is 1. The van der Waals surface area contributed by atoms with Crippen molar-refractivity contribution in [3.05, 3.63) is 0 Å². The molecule has 0 rings (SSSR count). The summed E-state index contributed by atoms with van der Waals surface area (Å²) >= 11 is 3.07. The van der Waals surface area contributed by atoms with Crippen LogP contribution in [0.25, 0.3) is 0 Å². The summed E-state index contributed by atoms with van der Waals surface area (Å²) in [6, 6.07) is -0.0575. The second kappa shape index (κ2) is 6.23. The number of ether oxygens (including phenoxy) is 1. The van der Waals surface area contributed by atoms with Crippen LogP contribution in [0.5, 0.6) is 0 Å². The summed E-state index contributed by atoms with van der Waals surface area (Å²) in [5.41, 5.74) is -0.540. The van der Waals surface area contributed by atoms with Gasteiger partial charge in [0.15, 0.2) is 5.78 Å². The van der Waals surface area contributed by atoms with Crippen molar-refractivity contribution in [2.75, 3.05) is 11.9 Å². The fraction of sp³-hybridized carbons (Fsp3) is 0.818. The number of hydrogen-bond donors (Lipinski definition) is 0. The average Bonchev–Trinajstić information content (AvgIpc) is 2.09. The van der Waals surface area contributed by atoms with Crippen LogP contribution in [-0.4, -0.2) is 40.3 Å². The minimum Gasteiger partial charge on any atom is -0.444 e. The van der Waals surface area contributed by atoms with E-state index in [1.807, 2.05) is 13.8 Å². The number of hydrogen-bond acceptors (Lipinski definition) is 3. The molecule has 0 fully saturated rings. The Morgan fingerprint density at radius 2 is 1.81 bits per heavy atom. The molecule has 0 aromatic rings. The number of carbonyl (C=O) groups excluding carboxylic acids is 2. The fourth-order valence-corrected chi connectivity index (χ4v) is 1.19. The van der Waals surface area contributed by atoms with Gasteiger partial charge in [0.2, 0.25) is 0 Å². The zero-order chi connectivity index (χ0) is 12.9. The molecule has 5 heteroatoms. The summed E-state index contributed by atoms with van der Waals surface area (Å²) in [4.78, 5) is 24.5. The quantitative estimate of drug-likeness (QED) is 0.749. The Morgan fingerprint density at radius 1 is 1.31 bits per heavy atom. The van der Waals surface area contributed by atoms with Gasteiger partial charge in [0, 0.05) is 6.04 Å². The normalized spacial score (nSPS) is 11.4. The van der Waals surface area contributed by atoms with E-state index in [4.69, 9.17) is 4.74 Å². The minimum atomic E-state index is -0.540. The van der Waals surface area contributed by atoms with E-state index in [2.05, 4.69) is 15.9 Å². The third-order valence-electron chi connectivity index (χ3n) is 1.75. The van der Waals surface area contributed by atoms with E-state index in [0.29, 0.717) is 0 Å². The molecule has 0 saturated heterocycles. The van der Waals surface area contributed by atoms with Gasteiger partial charge in [-0.3, -0.25) is 9.69 Å². The Labute approximate surface area is 105 Å². The molecule has 0 bridgehead atoms. The number of rotatable bonds is 4. The smallest absolute Gasteiger partial charge is 0.410 e. The van der Waals surface area contributed by atoms with Crippen molar-refractivity contribution >= 4 is 27.8 Å². The molecular weight excluding hydrogens is 274 g/mol. The lowest BCUT2D eigenvalue weighted by molar-refractivity contribution is -0.118. The van der Waals surface area contributed by atoms with Crippen molar-refractivity contribution in [3.8, 4) is 0 Å². The van der Waals surface area contributed by atoms with E-state index < -0.39 is 11.7 Å². The summed E-state index contributed by atoms with van der Waals surface area (Å²) in [5, 5.41) is 0.249. The molecular formula is C11H20BrNO3. The van der Waals surface area contributed by atoms with E-state index in [-0.39, 0.29) is 23.7 Å². The first kappa shape index (κ1) is 15.4. The highest BCUT2D eigenvalue weighted by atomic mass is 79.9. The van der Waals surface area contributed by atoms with Gasteiger partial charge < -0.3 is 4.74 Å². The van der Waals surface area contributed by atoms with Crippen LogP contribution >= 0.6 is 15.9 Å². The van der Waals surface area contributed by atoms with Gasteiger partial charge in [-0.2, -0.15) is 0 Å². The lowest BCUT2D eigenvalue weighted by atomic mass is 10.2. The predicted octanol–water partition coefficient (Wildman–Crippen LogP) is 2.60. The minimum absolute atomic E-state index is 0.0421. The van der Waals surface area contributed by atoms with Crippen LogP contribution in [0.4, 0.5) is 4.79 Å². The number of nitrogens with zero attached hydrogens (tertiary/aromatic N) is 1. The Morgan fingerprint density at radius 3 is 2.12 bits per heavy atom. The number of halogens is 1. The molecule has 0 heterocycles. The second-order valence-corrected chi connectivity index (χ2v) is 5.44. The van der Waals surface area contributed by atoms with Gasteiger partial charge in [0.1, 0.15) is 5.60 Å². The highest BCUT2D eigenvalue weighted by Gasteiger charge is 2.25. The Balaban J connectivity index is 4.54. The molecule has 0 aromatic heterocycles. The first-order chi connectivity index (χ1) is 7.17. The van der Waals surface area contributed by atoms with E-state index in [1.54, 1.807) is 20.8 Å². The monoisotopic (exact) mass is 293 g/mol.